The zero-order chi connectivity index (χ0) is 13.9. The lowest BCUT2D eigenvalue weighted by Crippen LogP contribution is -2.05. The summed E-state index contributed by atoms with van der Waals surface area (Å²) in [6.07, 6.45) is 7.39. The van der Waals surface area contributed by atoms with Gasteiger partial charge in [-0.05, 0) is 13.3 Å². The number of carbonyl (C=O) groups is 1. The van der Waals surface area contributed by atoms with Crippen LogP contribution in [0.1, 0.15) is 62.9 Å². The molecule has 0 aliphatic heterocycles. The van der Waals surface area contributed by atoms with Gasteiger partial charge in [-0.2, -0.15) is 4.98 Å². The molecule has 0 aromatic carbocycles. The second-order valence-corrected chi connectivity index (χ2v) is 5.16. The molecule has 0 radical (unpaired) electrons. The molecule has 0 fully saturated rings. The van der Waals surface area contributed by atoms with Crippen LogP contribution in [0.5, 0.6) is 5.19 Å². The predicted octanol–water partition coefficient (Wildman–Crippen LogP) is 4.06. The van der Waals surface area contributed by atoms with E-state index in [0.717, 1.165) is 6.42 Å². The van der Waals surface area contributed by atoms with Crippen molar-refractivity contribution in [3.05, 3.63) is 11.1 Å². The lowest BCUT2D eigenvalue weighted by molar-refractivity contribution is 0.0519. The van der Waals surface area contributed by atoms with Crippen LogP contribution in [0.3, 0.4) is 0 Å². The normalized spacial score (nSPS) is 10.4. The highest BCUT2D eigenvalue weighted by molar-refractivity contribution is 7.11. The molecule has 0 unspecified atom stereocenters. The molecule has 0 N–H and O–H groups in total. The fraction of sp³-hybridized carbons (Fsp3) is 0.714. The van der Waals surface area contributed by atoms with Gasteiger partial charge in [-0.15, -0.1) is 0 Å². The number of ether oxygens (including phenoxy) is 2. The van der Waals surface area contributed by atoms with Gasteiger partial charge in [0.25, 0.3) is 5.19 Å². The minimum absolute atomic E-state index is 0.338. The molecule has 1 aromatic rings. The smallest absolute Gasteiger partial charge is 0.357 e. The molecular weight excluding hydrogens is 262 g/mol. The van der Waals surface area contributed by atoms with Gasteiger partial charge in [0.1, 0.15) is 0 Å². The average Bonchev–Trinajstić information content (AvgIpc) is 2.87. The Morgan fingerprint density at radius 2 is 1.95 bits per heavy atom. The Kier molecular flexibility index (Phi) is 8.21. The van der Waals surface area contributed by atoms with Crippen LogP contribution in [0.2, 0.25) is 0 Å². The van der Waals surface area contributed by atoms with Crippen LogP contribution in [0, 0.1) is 0 Å². The molecule has 108 valence electrons. The summed E-state index contributed by atoms with van der Waals surface area (Å²) in [5.74, 6) is -0.381. The summed E-state index contributed by atoms with van der Waals surface area (Å²) in [6.45, 7) is 5.03. The van der Waals surface area contributed by atoms with Crippen LogP contribution in [0.4, 0.5) is 0 Å². The summed E-state index contributed by atoms with van der Waals surface area (Å²) < 4.78 is 10.4. The summed E-state index contributed by atoms with van der Waals surface area (Å²) in [5, 5.41) is 2.23. The van der Waals surface area contributed by atoms with E-state index in [0.29, 0.717) is 24.1 Å². The molecule has 0 spiro atoms. The van der Waals surface area contributed by atoms with Crippen molar-refractivity contribution < 1.29 is 14.3 Å². The first kappa shape index (κ1) is 16.0. The minimum Gasteiger partial charge on any atom is -0.470 e. The Hall–Kier alpha value is -1.10. The van der Waals surface area contributed by atoms with Crippen molar-refractivity contribution in [2.45, 2.75) is 52.4 Å². The molecular formula is C14H23NO3S. The fourth-order valence-corrected chi connectivity index (χ4v) is 2.33. The zero-order valence-corrected chi connectivity index (χ0v) is 12.6. The van der Waals surface area contributed by atoms with Gasteiger partial charge in [-0.3, -0.25) is 0 Å². The topological polar surface area (TPSA) is 48.4 Å². The van der Waals surface area contributed by atoms with Crippen LogP contribution in [-0.2, 0) is 4.74 Å². The molecule has 1 rings (SSSR count). The quantitative estimate of drug-likeness (QED) is 0.480. The maximum Gasteiger partial charge on any atom is 0.357 e. The molecule has 19 heavy (non-hydrogen) atoms. The number of unbranched alkanes of at least 4 members (excludes halogenated alkanes) is 5. The monoisotopic (exact) mass is 285 g/mol. The van der Waals surface area contributed by atoms with Gasteiger partial charge in [0.05, 0.1) is 13.2 Å². The number of nitrogens with zero attached hydrogens (tertiary/aromatic N) is 1. The maximum atomic E-state index is 11.4. The summed E-state index contributed by atoms with van der Waals surface area (Å²) >= 11 is 1.34. The second-order valence-electron chi connectivity index (χ2n) is 4.34. The van der Waals surface area contributed by atoms with Crippen molar-refractivity contribution in [1.82, 2.24) is 4.98 Å². The standard InChI is InChI=1S/C14H23NO3S/c1-3-5-6-7-8-9-10-18-14-15-12(11-19-14)13(16)17-4-2/h11H,3-10H2,1-2H3. The van der Waals surface area contributed by atoms with Crippen LogP contribution >= 0.6 is 11.3 Å². The molecule has 0 amide bonds. The molecule has 0 aliphatic rings. The van der Waals surface area contributed by atoms with Crippen LogP contribution in [0.25, 0.3) is 0 Å². The number of esters is 1. The second kappa shape index (κ2) is 9.78. The van der Waals surface area contributed by atoms with E-state index in [2.05, 4.69) is 11.9 Å². The van der Waals surface area contributed by atoms with E-state index in [1.165, 1.54) is 43.4 Å². The van der Waals surface area contributed by atoms with Gasteiger partial charge < -0.3 is 9.47 Å². The Bertz CT molecular complexity index is 365. The van der Waals surface area contributed by atoms with E-state index in [4.69, 9.17) is 9.47 Å². The average molecular weight is 285 g/mol. The highest BCUT2D eigenvalue weighted by Gasteiger charge is 2.11. The summed E-state index contributed by atoms with van der Waals surface area (Å²) in [4.78, 5) is 15.5. The first-order valence-electron chi connectivity index (χ1n) is 7.03. The van der Waals surface area contributed by atoms with Crippen molar-refractivity contribution in [3.8, 4) is 5.19 Å². The lowest BCUT2D eigenvalue weighted by Gasteiger charge is -2.02. The Labute approximate surface area is 119 Å². The predicted molar refractivity (Wildman–Crippen MR) is 76.9 cm³/mol. The van der Waals surface area contributed by atoms with Gasteiger partial charge >= 0.3 is 5.97 Å². The van der Waals surface area contributed by atoms with Crippen molar-refractivity contribution in [3.63, 3.8) is 0 Å². The van der Waals surface area contributed by atoms with E-state index in [9.17, 15) is 4.79 Å². The third kappa shape index (κ3) is 6.57. The SMILES string of the molecule is CCCCCCCCOc1nc(C(=O)OCC)cs1. The number of carbonyl (C=O) groups excluding carboxylic acids is 1. The van der Waals surface area contributed by atoms with Crippen molar-refractivity contribution in [2.75, 3.05) is 13.2 Å². The van der Waals surface area contributed by atoms with E-state index in [-0.39, 0.29) is 5.97 Å². The number of hydrogen-bond donors (Lipinski definition) is 0. The number of aromatic nitrogens is 1. The van der Waals surface area contributed by atoms with Gasteiger partial charge in [-0.25, -0.2) is 4.79 Å². The Morgan fingerprint density at radius 1 is 1.21 bits per heavy atom. The molecule has 0 saturated heterocycles. The number of hydrogen-bond acceptors (Lipinski definition) is 5. The number of rotatable bonds is 10. The van der Waals surface area contributed by atoms with Crippen LogP contribution in [-0.4, -0.2) is 24.2 Å². The zero-order valence-electron chi connectivity index (χ0n) is 11.8. The molecule has 1 aromatic heterocycles. The summed E-state index contributed by atoms with van der Waals surface area (Å²) in [6, 6.07) is 0. The van der Waals surface area contributed by atoms with Crippen LogP contribution < -0.4 is 4.74 Å². The molecule has 4 nitrogen and oxygen atoms in total. The fourth-order valence-electron chi connectivity index (χ4n) is 1.66. The van der Waals surface area contributed by atoms with E-state index in [1.54, 1.807) is 12.3 Å². The first-order valence-corrected chi connectivity index (χ1v) is 7.91. The summed E-state index contributed by atoms with van der Waals surface area (Å²) in [5.41, 5.74) is 0.338. The van der Waals surface area contributed by atoms with E-state index in [1.807, 2.05) is 0 Å². The van der Waals surface area contributed by atoms with Gasteiger partial charge in [-0.1, -0.05) is 50.4 Å². The molecule has 0 saturated carbocycles. The Morgan fingerprint density at radius 3 is 2.68 bits per heavy atom. The number of thiazole rings is 1. The summed E-state index contributed by atoms with van der Waals surface area (Å²) in [7, 11) is 0. The van der Waals surface area contributed by atoms with E-state index < -0.39 is 0 Å². The van der Waals surface area contributed by atoms with Crippen molar-refractivity contribution in [1.29, 1.82) is 0 Å². The lowest BCUT2D eigenvalue weighted by atomic mass is 10.1. The third-order valence-electron chi connectivity index (χ3n) is 2.69. The van der Waals surface area contributed by atoms with Gasteiger partial charge in [0.2, 0.25) is 0 Å². The molecule has 0 atom stereocenters. The van der Waals surface area contributed by atoms with Crippen molar-refractivity contribution in [2.24, 2.45) is 0 Å². The molecule has 0 aliphatic carbocycles. The molecule has 1 heterocycles. The van der Waals surface area contributed by atoms with Crippen LogP contribution in [0.15, 0.2) is 5.38 Å². The Balaban J connectivity index is 2.14. The third-order valence-corrected chi connectivity index (χ3v) is 3.44. The van der Waals surface area contributed by atoms with E-state index >= 15 is 0 Å². The van der Waals surface area contributed by atoms with Crippen molar-refractivity contribution >= 4 is 17.3 Å². The highest BCUT2D eigenvalue weighted by Crippen LogP contribution is 2.19. The molecule has 5 heteroatoms. The first-order chi connectivity index (χ1) is 9.27. The molecule has 0 bridgehead atoms. The van der Waals surface area contributed by atoms with Gasteiger partial charge in [0.15, 0.2) is 5.69 Å². The highest BCUT2D eigenvalue weighted by atomic mass is 32.1. The van der Waals surface area contributed by atoms with Gasteiger partial charge in [0, 0.05) is 5.38 Å². The largest absolute Gasteiger partial charge is 0.470 e. The minimum atomic E-state index is -0.381. The maximum absolute atomic E-state index is 11.4.